The zero-order valence-electron chi connectivity index (χ0n) is 13.4. The number of carbonyl (C=O) groups is 1. The van der Waals surface area contributed by atoms with E-state index in [2.05, 4.69) is 20.5 Å². The van der Waals surface area contributed by atoms with E-state index in [1.807, 2.05) is 0 Å². The smallest absolute Gasteiger partial charge is 0.234 e. The summed E-state index contributed by atoms with van der Waals surface area (Å²) < 4.78 is 5.58. The fourth-order valence-electron chi connectivity index (χ4n) is 1.97. The first-order valence-corrected chi connectivity index (χ1v) is 9.31. The second-order valence-corrected chi connectivity index (χ2v) is 6.91. The molecule has 2 aromatic carbocycles. The summed E-state index contributed by atoms with van der Waals surface area (Å²) >= 11 is 13.1. The first kappa shape index (κ1) is 18.6. The van der Waals surface area contributed by atoms with Gasteiger partial charge in [-0.1, -0.05) is 47.1 Å². The number of nitrogens with one attached hydrogen (secondary N) is 2. The number of para-hydroxylation sites is 1. The third-order valence-corrected chi connectivity index (χ3v) is 4.61. The molecule has 0 radical (unpaired) electrons. The molecule has 0 unspecified atom stereocenters. The monoisotopic (exact) mass is 408 g/mol. The zero-order chi connectivity index (χ0) is 18.4. The summed E-state index contributed by atoms with van der Waals surface area (Å²) in [5.74, 6) is 1.22. The quantitative estimate of drug-likeness (QED) is 0.565. The molecule has 2 N–H and O–H groups in total. The Balaban J connectivity index is 1.46. The van der Waals surface area contributed by atoms with Gasteiger partial charge in [-0.25, -0.2) is 4.98 Å². The van der Waals surface area contributed by atoms with Crippen LogP contribution in [0.4, 0.5) is 5.69 Å². The van der Waals surface area contributed by atoms with Crippen molar-refractivity contribution < 1.29 is 9.53 Å². The third kappa shape index (κ3) is 5.39. The Bertz CT molecular complexity index is 886. The van der Waals surface area contributed by atoms with Gasteiger partial charge >= 0.3 is 0 Å². The molecule has 9 heteroatoms. The van der Waals surface area contributed by atoms with Gasteiger partial charge in [-0.3, -0.25) is 9.89 Å². The highest BCUT2D eigenvalue weighted by atomic mass is 35.5. The first-order chi connectivity index (χ1) is 12.6. The van der Waals surface area contributed by atoms with Crippen LogP contribution in [0.15, 0.2) is 53.7 Å². The second-order valence-electron chi connectivity index (χ2n) is 5.12. The minimum absolute atomic E-state index is 0.167. The number of rotatable bonds is 7. The Kier molecular flexibility index (Phi) is 6.38. The predicted octanol–water partition coefficient (Wildman–Crippen LogP) is 4.42. The normalized spacial score (nSPS) is 10.5. The van der Waals surface area contributed by atoms with E-state index in [1.54, 1.807) is 48.5 Å². The number of ether oxygens (including phenoxy) is 1. The summed E-state index contributed by atoms with van der Waals surface area (Å²) in [6.07, 6.45) is 0. The Morgan fingerprint density at radius 2 is 1.92 bits per heavy atom. The lowest BCUT2D eigenvalue weighted by Crippen LogP contribution is -2.14. The lowest BCUT2D eigenvalue weighted by Gasteiger charge is -2.05. The van der Waals surface area contributed by atoms with E-state index in [0.717, 1.165) is 0 Å². The third-order valence-electron chi connectivity index (χ3n) is 3.18. The number of aromatic amines is 1. The minimum Gasteiger partial charge on any atom is -0.486 e. The van der Waals surface area contributed by atoms with Gasteiger partial charge in [0, 0.05) is 5.02 Å². The van der Waals surface area contributed by atoms with Crippen LogP contribution in [-0.2, 0) is 11.4 Å². The van der Waals surface area contributed by atoms with E-state index in [-0.39, 0.29) is 18.3 Å². The van der Waals surface area contributed by atoms with E-state index in [1.165, 1.54) is 11.8 Å². The molecule has 6 nitrogen and oxygen atoms in total. The molecule has 3 aromatic rings. The number of benzene rings is 2. The van der Waals surface area contributed by atoms with E-state index < -0.39 is 0 Å². The largest absolute Gasteiger partial charge is 0.486 e. The molecule has 1 heterocycles. The molecular weight excluding hydrogens is 395 g/mol. The van der Waals surface area contributed by atoms with Crippen LogP contribution in [0.25, 0.3) is 0 Å². The number of H-pyrrole nitrogens is 1. The van der Waals surface area contributed by atoms with E-state index in [0.29, 0.717) is 32.5 Å². The number of hydrogen-bond donors (Lipinski definition) is 2. The van der Waals surface area contributed by atoms with Crippen LogP contribution >= 0.6 is 35.0 Å². The van der Waals surface area contributed by atoms with E-state index in [4.69, 9.17) is 27.9 Å². The number of aromatic nitrogens is 3. The molecule has 0 aliphatic heterocycles. The molecule has 0 aliphatic rings. The summed E-state index contributed by atoms with van der Waals surface area (Å²) in [7, 11) is 0. The van der Waals surface area contributed by atoms with Gasteiger partial charge in [0.25, 0.3) is 0 Å². The van der Waals surface area contributed by atoms with Crippen LogP contribution in [-0.4, -0.2) is 26.8 Å². The Morgan fingerprint density at radius 1 is 1.15 bits per heavy atom. The standard InChI is InChI=1S/C17H14Cl2N4O2S/c18-11-5-7-12(8-6-11)25-9-15-21-17(23-22-15)26-10-16(24)20-14-4-2-1-3-13(14)19/h1-8H,9-10H2,(H,20,24)(H,21,22,23). The van der Waals surface area contributed by atoms with Gasteiger partial charge in [-0.15, -0.1) is 5.10 Å². The fourth-order valence-corrected chi connectivity index (χ4v) is 2.89. The van der Waals surface area contributed by atoms with Crippen molar-refractivity contribution in [3.05, 3.63) is 64.4 Å². The van der Waals surface area contributed by atoms with Gasteiger partial charge in [0.15, 0.2) is 5.82 Å². The summed E-state index contributed by atoms with van der Waals surface area (Å²) in [4.78, 5) is 16.3. The van der Waals surface area contributed by atoms with E-state index >= 15 is 0 Å². The Morgan fingerprint density at radius 3 is 2.69 bits per heavy atom. The SMILES string of the molecule is O=C(CSc1n[nH]c(COc2ccc(Cl)cc2)n1)Nc1ccccc1Cl. The minimum atomic E-state index is -0.188. The molecule has 0 fully saturated rings. The maximum Gasteiger partial charge on any atom is 0.234 e. The summed E-state index contributed by atoms with van der Waals surface area (Å²) in [6.45, 7) is 0.237. The van der Waals surface area contributed by atoms with Crippen molar-refractivity contribution in [1.82, 2.24) is 15.2 Å². The van der Waals surface area contributed by atoms with Crippen LogP contribution < -0.4 is 10.1 Å². The van der Waals surface area contributed by atoms with E-state index in [9.17, 15) is 4.79 Å². The lowest BCUT2D eigenvalue weighted by atomic mass is 10.3. The highest BCUT2D eigenvalue weighted by Crippen LogP contribution is 2.21. The van der Waals surface area contributed by atoms with Crippen molar-refractivity contribution in [1.29, 1.82) is 0 Å². The van der Waals surface area contributed by atoms with Gasteiger partial charge < -0.3 is 10.1 Å². The molecule has 0 atom stereocenters. The van der Waals surface area contributed by atoms with Crippen LogP contribution in [0.1, 0.15) is 5.82 Å². The van der Waals surface area contributed by atoms with Crippen LogP contribution in [0.2, 0.25) is 10.0 Å². The molecular formula is C17H14Cl2N4O2S. The number of thioether (sulfide) groups is 1. The molecule has 0 spiro atoms. The average molecular weight is 409 g/mol. The maximum absolute atomic E-state index is 12.0. The van der Waals surface area contributed by atoms with Crippen molar-refractivity contribution in [2.45, 2.75) is 11.8 Å². The van der Waals surface area contributed by atoms with Gasteiger partial charge in [0.05, 0.1) is 16.5 Å². The second kappa shape index (κ2) is 8.93. The number of halogens is 2. The molecule has 0 saturated carbocycles. The van der Waals surface area contributed by atoms with Crippen LogP contribution in [0, 0.1) is 0 Å². The molecule has 3 rings (SSSR count). The van der Waals surface area contributed by atoms with Crippen LogP contribution in [0.3, 0.4) is 0 Å². The lowest BCUT2D eigenvalue weighted by molar-refractivity contribution is -0.113. The van der Waals surface area contributed by atoms with Crippen molar-refractivity contribution in [3.8, 4) is 5.75 Å². The number of carbonyl (C=O) groups excluding carboxylic acids is 1. The summed E-state index contributed by atoms with van der Waals surface area (Å²) in [6, 6.07) is 14.1. The average Bonchev–Trinajstić information content (AvgIpc) is 3.09. The molecule has 134 valence electrons. The maximum atomic E-state index is 12.0. The van der Waals surface area contributed by atoms with Crippen LogP contribution in [0.5, 0.6) is 5.75 Å². The Labute approximate surface area is 164 Å². The molecule has 1 amide bonds. The van der Waals surface area contributed by atoms with Crippen molar-refractivity contribution in [2.24, 2.45) is 0 Å². The molecule has 0 bridgehead atoms. The van der Waals surface area contributed by atoms with Gasteiger partial charge in [-0.2, -0.15) is 0 Å². The number of nitrogens with zero attached hydrogens (tertiary/aromatic N) is 2. The number of amides is 1. The summed E-state index contributed by atoms with van der Waals surface area (Å²) in [5.41, 5.74) is 0.576. The van der Waals surface area contributed by atoms with Gasteiger partial charge in [-0.05, 0) is 36.4 Å². The van der Waals surface area contributed by atoms with Crippen molar-refractivity contribution in [2.75, 3.05) is 11.1 Å². The zero-order valence-corrected chi connectivity index (χ0v) is 15.7. The Hall–Kier alpha value is -2.22. The summed E-state index contributed by atoms with van der Waals surface area (Å²) in [5, 5.41) is 11.2. The van der Waals surface area contributed by atoms with Gasteiger partial charge in [0.1, 0.15) is 12.4 Å². The number of anilines is 1. The fraction of sp³-hybridized carbons (Fsp3) is 0.118. The molecule has 1 aromatic heterocycles. The molecule has 26 heavy (non-hydrogen) atoms. The topological polar surface area (TPSA) is 79.9 Å². The molecule has 0 saturated heterocycles. The van der Waals surface area contributed by atoms with Crippen molar-refractivity contribution >= 4 is 46.6 Å². The predicted molar refractivity (Wildman–Crippen MR) is 103 cm³/mol. The number of hydrogen-bond acceptors (Lipinski definition) is 5. The first-order valence-electron chi connectivity index (χ1n) is 7.57. The highest BCUT2D eigenvalue weighted by Gasteiger charge is 2.10. The molecule has 0 aliphatic carbocycles. The van der Waals surface area contributed by atoms with Crippen molar-refractivity contribution in [3.63, 3.8) is 0 Å². The highest BCUT2D eigenvalue weighted by molar-refractivity contribution is 7.99. The van der Waals surface area contributed by atoms with Gasteiger partial charge in [0.2, 0.25) is 11.1 Å².